The zero-order valence-electron chi connectivity index (χ0n) is 13.3. The lowest BCUT2D eigenvalue weighted by Crippen LogP contribution is -2.49. The van der Waals surface area contributed by atoms with E-state index >= 15 is 0 Å². The molecule has 1 aliphatic heterocycles. The Hall–Kier alpha value is -1.97. The van der Waals surface area contributed by atoms with Crippen molar-refractivity contribution in [1.82, 2.24) is 4.57 Å². The number of fused-ring (bicyclic) bond motifs is 1. The van der Waals surface area contributed by atoms with Crippen molar-refractivity contribution in [3.8, 4) is 0 Å². The zero-order valence-corrected chi connectivity index (χ0v) is 13.3. The first kappa shape index (κ1) is 14.9. The summed E-state index contributed by atoms with van der Waals surface area (Å²) in [5.74, 6) is -0.150. The van der Waals surface area contributed by atoms with E-state index in [-0.39, 0.29) is 17.4 Å². The highest BCUT2D eigenvalue weighted by Gasteiger charge is 2.24. The molecule has 0 saturated heterocycles. The van der Waals surface area contributed by atoms with Crippen molar-refractivity contribution < 1.29 is 4.79 Å². The van der Waals surface area contributed by atoms with E-state index in [4.69, 9.17) is 0 Å². The maximum atomic E-state index is 12.9. The van der Waals surface area contributed by atoms with E-state index in [9.17, 15) is 9.59 Å². The van der Waals surface area contributed by atoms with Crippen molar-refractivity contribution in [3.05, 3.63) is 44.5 Å². The molecule has 3 rings (SSSR count). The molecule has 0 aromatic carbocycles. The van der Waals surface area contributed by atoms with Gasteiger partial charge in [0.25, 0.3) is 5.56 Å². The lowest BCUT2D eigenvalue weighted by Gasteiger charge is -2.17. The van der Waals surface area contributed by atoms with Crippen LogP contribution in [0.15, 0.2) is 22.1 Å². The van der Waals surface area contributed by atoms with Gasteiger partial charge >= 0.3 is 0 Å². The maximum absolute atomic E-state index is 12.9. The summed E-state index contributed by atoms with van der Waals surface area (Å²) in [6.07, 6.45) is 12.0. The van der Waals surface area contributed by atoms with Crippen LogP contribution in [0.25, 0.3) is 6.08 Å². The average Bonchev–Trinajstić information content (AvgIpc) is 2.94. The first-order valence-corrected chi connectivity index (χ1v) is 8.10. The van der Waals surface area contributed by atoms with E-state index in [2.05, 4.69) is 11.1 Å². The topological polar surface area (TPSA) is 51.4 Å². The molecule has 1 saturated carbocycles. The molecule has 1 aliphatic carbocycles. The van der Waals surface area contributed by atoms with Crippen molar-refractivity contribution in [2.75, 3.05) is 0 Å². The summed E-state index contributed by atoms with van der Waals surface area (Å²) in [7, 11) is 0. The Balaban J connectivity index is 2.45. The van der Waals surface area contributed by atoms with E-state index < -0.39 is 0 Å². The van der Waals surface area contributed by atoms with Crippen LogP contribution in [-0.4, -0.2) is 10.4 Å². The largest absolute Gasteiger partial charge is 0.294 e. The van der Waals surface area contributed by atoms with Crippen molar-refractivity contribution in [1.29, 1.82) is 0 Å². The highest BCUT2D eigenvalue weighted by Crippen LogP contribution is 2.27. The van der Waals surface area contributed by atoms with Crippen LogP contribution in [0.4, 0.5) is 0 Å². The average molecular weight is 298 g/mol. The van der Waals surface area contributed by atoms with E-state index in [0.29, 0.717) is 5.56 Å². The minimum atomic E-state index is -0.165. The van der Waals surface area contributed by atoms with Gasteiger partial charge < -0.3 is 0 Å². The first-order chi connectivity index (χ1) is 10.6. The zero-order chi connectivity index (χ0) is 15.7. The van der Waals surface area contributed by atoms with Gasteiger partial charge in [-0.3, -0.25) is 14.2 Å². The molecule has 0 unspecified atom stereocenters. The predicted octanol–water partition coefficient (Wildman–Crippen LogP) is 2.18. The second-order valence-electron chi connectivity index (χ2n) is 6.20. The highest BCUT2D eigenvalue weighted by molar-refractivity contribution is 5.95. The van der Waals surface area contributed by atoms with Crippen LogP contribution in [0, 0.1) is 6.92 Å². The Morgan fingerprint density at radius 1 is 1.27 bits per heavy atom. The third kappa shape index (κ3) is 2.47. The van der Waals surface area contributed by atoms with Gasteiger partial charge in [0.05, 0.1) is 5.56 Å². The van der Waals surface area contributed by atoms with Crippen molar-refractivity contribution in [2.45, 2.75) is 58.4 Å². The van der Waals surface area contributed by atoms with Crippen LogP contribution in [-0.2, 0) is 0 Å². The molecule has 116 valence electrons. The number of aromatic nitrogens is 1. The number of carbonyl (C=O) groups excluding carboxylic acids is 1. The molecule has 0 radical (unpaired) electrons. The Kier molecular flexibility index (Phi) is 4.10. The molecule has 1 aromatic heterocycles. The molecule has 1 aromatic rings. The molecule has 0 N–H and O–H groups in total. The summed E-state index contributed by atoms with van der Waals surface area (Å²) >= 11 is 0. The Bertz CT molecular complexity index is 809. The number of pyridine rings is 1. The van der Waals surface area contributed by atoms with Crippen LogP contribution in [0.2, 0.25) is 0 Å². The SMILES string of the molecule is CC(=O)c1c(C)c2c(n(C3CCCC3)c1=O)=NC=CCCC=2. The second-order valence-corrected chi connectivity index (χ2v) is 6.20. The molecule has 0 bridgehead atoms. The number of rotatable bonds is 2. The van der Waals surface area contributed by atoms with E-state index in [1.165, 1.54) is 6.92 Å². The summed E-state index contributed by atoms with van der Waals surface area (Å²) in [5.41, 5.74) is 1.68. The third-order valence-electron chi connectivity index (χ3n) is 4.71. The smallest absolute Gasteiger partial charge is 0.263 e. The fourth-order valence-electron chi connectivity index (χ4n) is 3.62. The number of Topliss-reactive ketones (excluding diaryl/α,β-unsaturated/α-hetero) is 1. The van der Waals surface area contributed by atoms with Gasteiger partial charge in [-0.25, -0.2) is 4.99 Å². The molecule has 4 nitrogen and oxygen atoms in total. The van der Waals surface area contributed by atoms with Gasteiger partial charge in [0.1, 0.15) is 5.49 Å². The molecular formula is C18H22N2O2. The van der Waals surface area contributed by atoms with E-state index in [0.717, 1.165) is 54.8 Å². The number of hydrogen-bond acceptors (Lipinski definition) is 3. The molecule has 2 aliphatic rings. The van der Waals surface area contributed by atoms with Crippen LogP contribution in [0.1, 0.15) is 67.4 Å². The minimum absolute atomic E-state index is 0.150. The molecular weight excluding hydrogens is 276 g/mol. The normalized spacial score (nSPS) is 18.1. The minimum Gasteiger partial charge on any atom is -0.294 e. The van der Waals surface area contributed by atoms with Crippen molar-refractivity contribution >= 4 is 11.9 Å². The summed E-state index contributed by atoms with van der Waals surface area (Å²) in [4.78, 5) is 29.5. The molecule has 2 heterocycles. The van der Waals surface area contributed by atoms with Crippen molar-refractivity contribution in [3.63, 3.8) is 0 Å². The van der Waals surface area contributed by atoms with Crippen LogP contribution in [0.5, 0.6) is 0 Å². The van der Waals surface area contributed by atoms with Gasteiger partial charge in [-0.2, -0.15) is 0 Å². The number of carbonyl (C=O) groups is 1. The first-order valence-electron chi connectivity index (χ1n) is 8.10. The van der Waals surface area contributed by atoms with Gasteiger partial charge in [0, 0.05) is 17.5 Å². The Labute approximate surface area is 129 Å². The van der Waals surface area contributed by atoms with Crippen LogP contribution < -0.4 is 16.3 Å². The van der Waals surface area contributed by atoms with Gasteiger partial charge in [0.15, 0.2) is 5.78 Å². The molecule has 1 fully saturated rings. The van der Waals surface area contributed by atoms with Crippen LogP contribution in [0.3, 0.4) is 0 Å². The fourth-order valence-corrected chi connectivity index (χ4v) is 3.62. The van der Waals surface area contributed by atoms with Gasteiger partial charge in [0.2, 0.25) is 0 Å². The Morgan fingerprint density at radius 2 is 2.00 bits per heavy atom. The third-order valence-corrected chi connectivity index (χ3v) is 4.71. The van der Waals surface area contributed by atoms with Gasteiger partial charge in [-0.05, 0) is 45.1 Å². The molecule has 4 heteroatoms. The lowest BCUT2D eigenvalue weighted by molar-refractivity contribution is 0.101. The monoisotopic (exact) mass is 298 g/mol. The summed E-state index contributed by atoms with van der Waals surface area (Å²) < 4.78 is 1.79. The standard InChI is InChI=1S/C18H22N2O2/c1-12-15-10-4-3-7-11-19-17(15)20(14-8-5-6-9-14)18(22)16(12)13(2)21/h7,10-11,14H,3-6,8-9H2,1-2H3. The van der Waals surface area contributed by atoms with Crippen LogP contribution >= 0.6 is 0 Å². The fraction of sp³-hybridized carbons (Fsp3) is 0.500. The van der Waals surface area contributed by atoms with Gasteiger partial charge in [-0.1, -0.05) is 25.0 Å². The summed E-state index contributed by atoms with van der Waals surface area (Å²) in [5, 5.41) is 0.959. The number of ketones is 1. The highest BCUT2D eigenvalue weighted by atomic mass is 16.1. The van der Waals surface area contributed by atoms with E-state index in [1.807, 2.05) is 13.0 Å². The quantitative estimate of drug-likeness (QED) is 0.786. The summed E-state index contributed by atoms with van der Waals surface area (Å²) in [6.45, 7) is 3.35. The van der Waals surface area contributed by atoms with Crippen molar-refractivity contribution in [2.24, 2.45) is 4.99 Å². The lowest BCUT2D eigenvalue weighted by atomic mass is 10.0. The number of allylic oxidation sites excluding steroid dienone is 1. The molecule has 22 heavy (non-hydrogen) atoms. The number of nitrogens with zero attached hydrogens (tertiary/aromatic N) is 2. The second kappa shape index (κ2) is 6.03. The van der Waals surface area contributed by atoms with Gasteiger partial charge in [-0.15, -0.1) is 0 Å². The summed E-state index contributed by atoms with van der Waals surface area (Å²) in [6, 6.07) is 0.171. The molecule has 0 atom stereocenters. The number of hydrogen-bond donors (Lipinski definition) is 0. The predicted molar refractivity (Wildman–Crippen MR) is 86.6 cm³/mol. The van der Waals surface area contributed by atoms with E-state index in [1.54, 1.807) is 10.8 Å². The molecule has 0 amide bonds. The Morgan fingerprint density at radius 3 is 2.68 bits per heavy atom. The maximum Gasteiger partial charge on any atom is 0.263 e. The molecule has 0 spiro atoms.